The van der Waals surface area contributed by atoms with Gasteiger partial charge in [0.15, 0.2) is 0 Å². The minimum absolute atomic E-state index is 0.0552. The van der Waals surface area contributed by atoms with Crippen LogP contribution in [0.15, 0.2) is 12.5 Å². The molecule has 1 aromatic heterocycles. The van der Waals surface area contributed by atoms with Gasteiger partial charge in [-0.1, -0.05) is 0 Å². The normalized spacial score (nSPS) is 19.8. The van der Waals surface area contributed by atoms with Crippen molar-refractivity contribution in [1.29, 1.82) is 0 Å². The van der Waals surface area contributed by atoms with Crippen molar-refractivity contribution in [3.63, 3.8) is 0 Å². The summed E-state index contributed by atoms with van der Waals surface area (Å²) in [5.41, 5.74) is 0.985. The first-order valence-corrected chi connectivity index (χ1v) is 6.41. The van der Waals surface area contributed by atoms with Gasteiger partial charge in [-0.2, -0.15) is 0 Å². The van der Waals surface area contributed by atoms with E-state index in [1.54, 1.807) is 11.1 Å². The number of aromatic nitrogens is 2. The molecule has 2 aliphatic heterocycles. The molecular formula is C12H17N5O. The van der Waals surface area contributed by atoms with Crippen LogP contribution in [0.25, 0.3) is 0 Å². The number of hydrogen-bond donors (Lipinski definition) is 1. The molecular weight excluding hydrogens is 230 g/mol. The summed E-state index contributed by atoms with van der Waals surface area (Å²) < 4.78 is 0. The molecule has 0 saturated carbocycles. The number of fused-ring (bicyclic) bond motifs is 1. The predicted octanol–water partition coefficient (Wildman–Crippen LogP) is 0.602. The van der Waals surface area contributed by atoms with Crippen LogP contribution in [-0.2, 0) is 6.54 Å². The van der Waals surface area contributed by atoms with E-state index in [0.717, 1.165) is 31.0 Å². The topological polar surface area (TPSA) is 61.4 Å². The molecule has 3 heterocycles. The minimum atomic E-state index is -0.0552. The van der Waals surface area contributed by atoms with Crippen molar-refractivity contribution in [3.05, 3.63) is 18.1 Å². The Kier molecular flexibility index (Phi) is 3.10. The van der Waals surface area contributed by atoms with Gasteiger partial charge in [0.2, 0.25) is 0 Å². The molecule has 2 aliphatic rings. The van der Waals surface area contributed by atoms with E-state index in [1.165, 1.54) is 19.2 Å². The minimum Gasteiger partial charge on any atom is -0.333 e. The van der Waals surface area contributed by atoms with E-state index in [-0.39, 0.29) is 6.03 Å². The van der Waals surface area contributed by atoms with Crippen molar-refractivity contribution in [2.45, 2.75) is 19.4 Å². The van der Waals surface area contributed by atoms with E-state index in [2.05, 4.69) is 20.2 Å². The van der Waals surface area contributed by atoms with Crippen LogP contribution in [0.1, 0.15) is 18.4 Å². The summed E-state index contributed by atoms with van der Waals surface area (Å²) in [6.07, 6.45) is 5.81. The van der Waals surface area contributed by atoms with E-state index in [0.29, 0.717) is 13.1 Å². The fourth-order valence-electron chi connectivity index (χ4n) is 2.54. The first-order chi connectivity index (χ1) is 8.84. The molecule has 6 nitrogen and oxygen atoms in total. The quantitative estimate of drug-likeness (QED) is 0.849. The number of carbonyl (C=O) groups excluding carboxylic acids is 1. The fraction of sp³-hybridized carbons (Fsp3) is 0.583. The molecule has 1 fully saturated rings. The molecule has 0 atom stereocenters. The predicted molar refractivity (Wildman–Crippen MR) is 67.3 cm³/mol. The highest BCUT2D eigenvalue weighted by atomic mass is 16.2. The molecule has 3 rings (SSSR count). The Balaban J connectivity index is 1.71. The number of urea groups is 1. The zero-order chi connectivity index (χ0) is 12.4. The molecule has 0 aromatic carbocycles. The Hall–Kier alpha value is -1.69. The number of hydrogen-bond acceptors (Lipinski definition) is 4. The number of nitrogens with one attached hydrogen (secondary N) is 1. The largest absolute Gasteiger partial charge is 0.333 e. The summed E-state index contributed by atoms with van der Waals surface area (Å²) in [7, 11) is 0. The molecule has 96 valence electrons. The van der Waals surface area contributed by atoms with Gasteiger partial charge in [0, 0.05) is 31.4 Å². The maximum atomic E-state index is 11.9. The Morgan fingerprint density at radius 3 is 2.94 bits per heavy atom. The maximum Gasteiger partial charge on any atom is 0.323 e. The summed E-state index contributed by atoms with van der Waals surface area (Å²) in [5.74, 6) is 0.757. The molecule has 2 amide bonds. The third-order valence-electron chi connectivity index (χ3n) is 3.53. The summed E-state index contributed by atoms with van der Waals surface area (Å²) in [5, 5.41) is 2.85. The van der Waals surface area contributed by atoms with E-state index < -0.39 is 0 Å². The van der Waals surface area contributed by atoms with Gasteiger partial charge in [0.1, 0.15) is 12.1 Å². The Bertz CT molecular complexity index is 444. The van der Waals surface area contributed by atoms with E-state index >= 15 is 0 Å². The van der Waals surface area contributed by atoms with Gasteiger partial charge in [-0.25, -0.2) is 14.8 Å². The maximum absolute atomic E-state index is 11.9. The van der Waals surface area contributed by atoms with Crippen LogP contribution in [0.3, 0.4) is 0 Å². The third-order valence-corrected chi connectivity index (χ3v) is 3.53. The Morgan fingerprint density at radius 2 is 2.11 bits per heavy atom. The molecule has 1 N–H and O–H groups in total. The highest BCUT2D eigenvalue weighted by Crippen LogP contribution is 2.20. The van der Waals surface area contributed by atoms with Gasteiger partial charge in [0.25, 0.3) is 0 Å². The highest BCUT2D eigenvalue weighted by molar-refractivity contribution is 5.93. The van der Waals surface area contributed by atoms with Gasteiger partial charge in [-0.3, -0.25) is 4.90 Å². The molecule has 0 unspecified atom stereocenters. The average Bonchev–Trinajstić information content (AvgIpc) is 2.91. The van der Waals surface area contributed by atoms with E-state index in [4.69, 9.17) is 0 Å². The second-order valence-electron chi connectivity index (χ2n) is 4.73. The lowest BCUT2D eigenvalue weighted by Gasteiger charge is -2.29. The first kappa shape index (κ1) is 11.4. The van der Waals surface area contributed by atoms with Crippen molar-refractivity contribution in [1.82, 2.24) is 20.2 Å². The number of amides is 2. The molecule has 0 bridgehead atoms. The van der Waals surface area contributed by atoms with Crippen LogP contribution in [0, 0.1) is 0 Å². The summed E-state index contributed by atoms with van der Waals surface area (Å²) in [6.45, 7) is 4.42. The molecule has 6 heteroatoms. The van der Waals surface area contributed by atoms with Gasteiger partial charge < -0.3 is 10.2 Å². The van der Waals surface area contributed by atoms with E-state index in [9.17, 15) is 4.79 Å². The molecule has 18 heavy (non-hydrogen) atoms. The Labute approximate surface area is 106 Å². The first-order valence-electron chi connectivity index (χ1n) is 6.41. The van der Waals surface area contributed by atoms with Crippen LogP contribution >= 0.6 is 0 Å². The third kappa shape index (κ3) is 2.15. The van der Waals surface area contributed by atoms with Crippen molar-refractivity contribution < 1.29 is 4.79 Å². The second kappa shape index (κ2) is 4.89. The van der Waals surface area contributed by atoms with Crippen LogP contribution in [0.2, 0.25) is 0 Å². The standard InChI is InChI=1S/C12H17N5O/c18-12-14-8-10-7-13-9-15-11(10)17(12)6-5-16-3-1-2-4-16/h7,9H,1-6,8H2,(H,14,18). The highest BCUT2D eigenvalue weighted by Gasteiger charge is 2.25. The van der Waals surface area contributed by atoms with Crippen LogP contribution in [-0.4, -0.2) is 47.1 Å². The number of carbonyl (C=O) groups is 1. The van der Waals surface area contributed by atoms with Gasteiger partial charge >= 0.3 is 6.03 Å². The molecule has 1 aromatic rings. The van der Waals surface area contributed by atoms with Gasteiger partial charge in [-0.05, 0) is 25.9 Å². The zero-order valence-electron chi connectivity index (χ0n) is 10.3. The summed E-state index contributed by atoms with van der Waals surface area (Å²) >= 11 is 0. The van der Waals surface area contributed by atoms with Crippen molar-refractivity contribution in [2.24, 2.45) is 0 Å². The number of rotatable bonds is 3. The number of nitrogens with zero attached hydrogens (tertiary/aromatic N) is 4. The lowest BCUT2D eigenvalue weighted by Crippen LogP contribution is -2.47. The molecule has 0 spiro atoms. The van der Waals surface area contributed by atoms with Gasteiger partial charge in [0.05, 0.1) is 0 Å². The fourth-order valence-corrected chi connectivity index (χ4v) is 2.54. The molecule has 0 radical (unpaired) electrons. The number of anilines is 1. The van der Waals surface area contributed by atoms with Crippen molar-refractivity contribution >= 4 is 11.8 Å². The SMILES string of the molecule is O=C1NCc2cncnc2N1CCN1CCCC1. The van der Waals surface area contributed by atoms with Crippen LogP contribution in [0.4, 0.5) is 10.6 Å². The summed E-state index contributed by atoms with van der Waals surface area (Å²) in [6, 6.07) is -0.0552. The van der Waals surface area contributed by atoms with Crippen molar-refractivity contribution in [2.75, 3.05) is 31.1 Å². The molecule has 0 aliphatic carbocycles. The average molecular weight is 247 g/mol. The van der Waals surface area contributed by atoms with Crippen molar-refractivity contribution in [3.8, 4) is 0 Å². The number of likely N-dealkylation sites (tertiary alicyclic amines) is 1. The molecule has 1 saturated heterocycles. The summed E-state index contributed by atoms with van der Waals surface area (Å²) in [4.78, 5) is 24.2. The Morgan fingerprint density at radius 1 is 1.28 bits per heavy atom. The zero-order valence-corrected chi connectivity index (χ0v) is 10.3. The lowest BCUT2D eigenvalue weighted by atomic mass is 10.2. The lowest BCUT2D eigenvalue weighted by molar-refractivity contribution is 0.242. The smallest absolute Gasteiger partial charge is 0.323 e. The monoisotopic (exact) mass is 247 g/mol. The second-order valence-corrected chi connectivity index (χ2v) is 4.73. The van der Waals surface area contributed by atoms with Crippen LogP contribution < -0.4 is 10.2 Å². The van der Waals surface area contributed by atoms with Gasteiger partial charge in [-0.15, -0.1) is 0 Å². The van der Waals surface area contributed by atoms with E-state index in [1.807, 2.05) is 0 Å². The van der Waals surface area contributed by atoms with Crippen LogP contribution in [0.5, 0.6) is 0 Å².